The number of carbonyl (C=O) groups is 1. The van der Waals surface area contributed by atoms with Crippen LogP contribution in [0.5, 0.6) is 0 Å². The first kappa shape index (κ1) is 20.3. The van der Waals surface area contributed by atoms with Crippen molar-refractivity contribution in [2.75, 3.05) is 0 Å². The first-order valence-electron chi connectivity index (χ1n) is 9.28. The topological polar surface area (TPSA) is 81.3 Å². The van der Waals surface area contributed by atoms with Crippen LogP contribution in [0.4, 0.5) is 13.2 Å². The van der Waals surface area contributed by atoms with Gasteiger partial charge in [-0.2, -0.15) is 0 Å². The molecule has 158 valence electrons. The molecule has 0 atom stereocenters. The van der Waals surface area contributed by atoms with Crippen molar-refractivity contribution in [3.8, 4) is 11.3 Å². The van der Waals surface area contributed by atoms with Crippen LogP contribution in [0.1, 0.15) is 15.9 Å². The van der Waals surface area contributed by atoms with E-state index in [1.54, 1.807) is 30.5 Å². The number of rotatable bonds is 6. The van der Waals surface area contributed by atoms with Crippen molar-refractivity contribution in [3.63, 3.8) is 0 Å². The van der Waals surface area contributed by atoms with Crippen LogP contribution >= 0.6 is 0 Å². The molecule has 0 radical (unpaired) electrons. The first-order valence-corrected chi connectivity index (χ1v) is 9.28. The van der Waals surface area contributed by atoms with E-state index in [4.69, 9.17) is 0 Å². The Labute approximate surface area is 173 Å². The summed E-state index contributed by atoms with van der Waals surface area (Å²) in [6.45, 7) is -0.688. The number of benzene rings is 1. The molecule has 0 spiro atoms. The normalized spacial score (nSPS) is 11.2. The molecule has 0 saturated heterocycles. The predicted octanol–water partition coefficient (Wildman–Crippen LogP) is 2.89. The average Bonchev–Trinajstić information content (AvgIpc) is 3.07. The maximum absolute atomic E-state index is 13.2. The summed E-state index contributed by atoms with van der Waals surface area (Å²) in [5.41, 5.74) is 1.58. The number of pyridine rings is 2. The van der Waals surface area contributed by atoms with Gasteiger partial charge in [0.1, 0.15) is 12.4 Å². The second kappa shape index (κ2) is 8.42. The van der Waals surface area contributed by atoms with E-state index < -0.39 is 24.6 Å². The number of carbonyl (C=O) groups excluding carboxylic acids is 1. The molecule has 3 aromatic heterocycles. The largest absolute Gasteiger partial charge is 0.350 e. The van der Waals surface area contributed by atoms with Gasteiger partial charge in [0.25, 0.3) is 12.3 Å². The number of aromatic nitrogens is 4. The maximum Gasteiger partial charge on any atom is 0.350 e. The van der Waals surface area contributed by atoms with Gasteiger partial charge >= 0.3 is 5.69 Å². The molecule has 4 rings (SSSR count). The third kappa shape index (κ3) is 4.32. The molecule has 10 heteroatoms. The van der Waals surface area contributed by atoms with Crippen LogP contribution in [0.25, 0.3) is 16.9 Å². The van der Waals surface area contributed by atoms with Gasteiger partial charge in [-0.05, 0) is 48.0 Å². The Morgan fingerprint density at radius 1 is 1.10 bits per heavy atom. The molecule has 1 aromatic carbocycles. The van der Waals surface area contributed by atoms with Crippen molar-refractivity contribution in [2.45, 2.75) is 19.5 Å². The molecule has 0 saturated carbocycles. The number of hydrogen-bond donors (Lipinski definition) is 1. The predicted molar refractivity (Wildman–Crippen MR) is 106 cm³/mol. The van der Waals surface area contributed by atoms with Gasteiger partial charge in [-0.25, -0.2) is 27.0 Å². The summed E-state index contributed by atoms with van der Waals surface area (Å²) < 4.78 is 40.1. The summed E-state index contributed by atoms with van der Waals surface area (Å²) in [6, 6.07) is 12.2. The summed E-state index contributed by atoms with van der Waals surface area (Å²) in [7, 11) is 0. The van der Waals surface area contributed by atoms with E-state index >= 15 is 0 Å². The van der Waals surface area contributed by atoms with Gasteiger partial charge in [0.2, 0.25) is 0 Å². The molecule has 3 heterocycles. The van der Waals surface area contributed by atoms with Gasteiger partial charge in [0.05, 0.1) is 11.3 Å². The highest BCUT2D eigenvalue weighted by atomic mass is 19.3. The van der Waals surface area contributed by atoms with Gasteiger partial charge in [0, 0.05) is 24.5 Å². The van der Waals surface area contributed by atoms with Gasteiger partial charge in [-0.1, -0.05) is 6.07 Å². The Hall–Kier alpha value is -3.95. The molecule has 0 aliphatic heterocycles. The van der Waals surface area contributed by atoms with E-state index in [1.807, 2.05) is 0 Å². The molecule has 0 aliphatic carbocycles. The van der Waals surface area contributed by atoms with Crippen molar-refractivity contribution in [3.05, 3.63) is 88.4 Å². The fraction of sp³-hybridized carbons (Fsp3) is 0.143. The molecule has 4 aromatic rings. The van der Waals surface area contributed by atoms with E-state index in [1.165, 1.54) is 30.5 Å². The number of hydrogen-bond acceptors (Lipinski definition) is 4. The Morgan fingerprint density at radius 2 is 1.87 bits per heavy atom. The molecule has 1 amide bonds. The van der Waals surface area contributed by atoms with E-state index in [0.717, 1.165) is 4.40 Å². The molecule has 31 heavy (non-hydrogen) atoms. The van der Waals surface area contributed by atoms with E-state index in [-0.39, 0.29) is 23.6 Å². The SMILES string of the molecule is O=C(NCc1cccnc1-c1ccc(F)cc1)c1ccc2nn(CC(F)F)c(=O)n2c1. The first-order chi connectivity index (χ1) is 14.9. The highest BCUT2D eigenvalue weighted by Gasteiger charge is 2.14. The van der Waals surface area contributed by atoms with Crippen LogP contribution in [0.3, 0.4) is 0 Å². The third-order valence-electron chi connectivity index (χ3n) is 4.60. The van der Waals surface area contributed by atoms with Crippen molar-refractivity contribution >= 4 is 11.6 Å². The Balaban J connectivity index is 1.54. The van der Waals surface area contributed by atoms with Crippen LogP contribution in [0.2, 0.25) is 0 Å². The third-order valence-corrected chi connectivity index (χ3v) is 4.60. The molecular weight excluding hydrogens is 411 g/mol. The Kier molecular flexibility index (Phi) is 5.52. The maximum atomic E-state index is 13.2. The smallest absolute Gasteiger partial charge is 0.348 e. The average molecular weight is 427 g/mol. The standard InChI is InChI=1S/C21H16F3N5O2/c22-16-6-3-13(4-7-16)19-14(2-1-9-25-19)10-26-20(30)15-5-8-18-27-29(12-17(23)24)21(31)28(18)11-15/h1-9,11,17H,10,12H2,(H,26,30). The lowest BCUT2D eigenvalue weighted by Gasteiger charge is -2.10. The summed E-state index contributed by atoms with van der Waals surface area (Å²) in [5, 5.41) is 6.56. The molecule has 7 nitrogen and oxygen atoms in total. The number of amides is 1. The minimum atomic E-state index is -2.72. The van der Waals surface area contributed by atoms with Crippen LogP contribution in [0.15, 0.2) is 65.7 Å². The second-order valence-corrected chi connectivity index (χ2v) is 6.70. The van der Waals surface area contributed by atoms with E-state index in [0.29, 0.717) is 21.5 Å². The Bertz CT molecular complexity index is 1300. The van der Waals surface area contributed by atoms with Crippen molar-refractivity contribution in [1.29, 1.82) is 0 Å². The molecular formula is C21H16F3N5O2. The number of alkyl halides is 2. The molecule has 0 unspecified atom stereocenters. The summed E-state index contributed by atoms with van der Waals surface area (Å²) in [6.07, 6.45) is 0.133. The van der Waals surface area contributed by atoms with Crippen molar-refractivity contribution in [1.82, 2.24) is 24.5 Å². The molecule has 1 N–H and O–H groups in total. The Morgan fingerprint density at radius 3 is 2.61 bits per heavy atom. The zero-order chi connectivity index (χ0) is 22.0. The lowest BCUT2D eigenvalue weighted by molar-refractivity contribution is 0.0950. The number of halogens is 3. The van der Waals surface area contributed by atoms with Gasteiger partial charge in [0.15, 0.2) is 5.65 Å². The zero-order valence-electron chi connectivity index (χ0n) is 16.0. The zero-order valence-corrected chi connectivity index (χ0v) is 16.0. The molecule has 0 fully saturated rings. The van der Waals surface area contributed by atoms with Gasteiger partial charge in [-0.3, -0.25) is 9.78 Å². The van der Waals surface area contributed by atoms with E-state index in [9.17, 15) is 22.8 Å². The van der Waals surface area contributed by atoms with Gasteiger partial charge < -0.3 is 5.32 Å². The highest BCUT2D eigenvalue weighted by molar-refractivity contribution is 5.94. The van der Waals surface area contributed by atoms with Crippen molar-refractivity contribution < 1.29 is 18.0 Å². The number of fused-ring (bicyclic) bond motifs is 1. The lowest BCUT2D eigenvalue weighted by atomic mass is 10.1. The van der Waals surface area contributed by atoms with Crippen LogP contribution in [-0.4, -0.2) is 31.5 Å². The highest BCUT2D eigenvalue weighted by Crippen LogP contribution is 2.21. The quantitative estimate of drug-likeness (QED) is 0.513. The van der Waals surface area contributed by atoms with Crippen LogP contribution in [-0.2, 0) is 13.1 Å². The summed E-state index contributed by atoms with van der Waals surface area (Å²) in [5.74, 6) is -0.832. The monoisotopic (exact) mass is 427 g/mol. The molecule has 0 aliphatic rings. The molecule has 0 bridgehead atoms. The summed E-state index contributed by atoms with van der Waals surface area (Å²) in [4.78, 5) is 29.1. The van der Waals surface area contributed by atoms with Crippen LogP contribution < -0.4 is 11.0 Å². The van der Waals surface area contributed by atoms with Crippen molar-refractivity contribution in [2.24, 2.45) is 0 Å². The lowest BCUT2D eigenvalue weighted by Crippen LogP contribution is -2.26. The minimum Gasteiger partial charge on any atom is -0.348 e. The fourth-order valence-corrected chi connectivity index (χ4v) is 3.13. The summed E-state index contributed by atoms with van der Waals surface area (Å²) >= 11 is 0. The second-order valence-electron chi connectivity index (χ2n) is 6.70. The number of nitrogens with one attached hydrogen (secondary N) is 1. The fourth-order valence-electron chi connectivity index (χ4n) is 3.13. The van der Waals surface area contributed by atoms with Crippen LogP contribution in [0, 0.1) is 5.82 Å². The number of nitrogens with zero attached hydrogens (tertiary/aromatic N) is 4. The van der Waals surface area contributed by atoms with Gasteiger partial charge in [-0.15, -0.1) is 5.10 Å². The minimum absolute atomic E-state index is 0.136. The van der Waals surface area contributed by atoms with E-state index in [2.05, 4.69) is 15.4 Å².